The first-order chi connectivity index (χ1) is 17.2. The summed E-state index contributed by atoms with van der Waals surface area (Å²) in [5.74, 6) is -0.459. The number of anilines is 2. The van der Waals surface area contributed by atoms with E-state index in [1.165, 1.54) is 30.3 Å². The normalized spacial score (nSPS) is 13.9. The Labute approximate surface area is 221 Å². The highest BCUT2D eigenvalue weighted by Gasteiger charge is 2.27. The van der Waals surface area contributed by atoms with Crippen LogP contribution in [0.4, 0.5) is 11.4 Å². The summed E-state index contributed by atoms with van der Waals surface area (Å²) in [5, 5.41) is 3.35. The minimum Gasteiger partial charge on any atom is -0.378 e. The molecule has 0 unspecified atom stereocenters. The minimum atomic E-state index is -4.06. The molecule has 1 aliphatic rings. The number of hydrogen-bond acceptors (Lipinski definition) is 5. The van der Waals surface area contributed by atoms with Gasteiger partial charge in [0.15, 0.2) is 0 Å². The first-order valence-electron chi connectivity index (χ1n) is 11.5. The molecule has 7 nitrogen and oxygen atoms in total. The first-order valence-corrected chi connectivity index (χ1v) is 13.7. The summed E-state index contributed by atoms with van der Waals surface area (Å²) in [6, 6.07) is 18.8. The van der Waals surface area contributed by atoms with E-state index >= 15 is 0 Å². The van der Waals surface area contributed by atoms with E-state index in [2.05, 4.69) is 10.2 Å². The molecule has 0 saturated carbocycles. The molecular formula is C26H27Cl2N3O4S. The lowest BCUT2D eigenvalue weighted by molar-refractivity contribution is -0.119. The topological polar surface area (TPSA) is 79.0 Å². The highest BCUT2D eigenvalue weighted by atomic mass is 35.5. The van der Waals surface area contributed by atoms with Crippen LogP contribution in [0.25, 0.3) is 0 Å². The van der Waals surface area contributed by atoms with Crippen molar-refractivity contribution in [1.29, 1.82) is 0 Å². The molecule has 0 atom stereocenters. The summed E-state index contributed by atoms with van der Waals surface area (Å²) in [6.45, 7) is 4.79. The second-order valence-corrected chi connectivity index (χ2v) is 11.2. The Morgan fingerprint density at radius 1 is 0.972 bits per heavy atom. The number of benzene rings is 3. The number of aryl methyl sites for hydroxylation is 1. The van der Waals surface area contributed by atoms with Crippen LogP contribution in [0.15, 0.2) is 71.6 Å². The molecule has 0 spiro atoms. The second-order valence-electron chi connectivity index (χ2n) is 8.49. The monoisotopic (exact) mass is 547 g/mol. The van der Waals surface area contributed by atoms with Gasteiger partial charge in [0, 0.05) is 35.4 Å². The SMILES string of the molecule is Cc1ccc(S(=O)(=O)N(CC(=O)NCc2ccc(N3CCOCC3)cc2)c2cc(Cl)cc(Cl)c2)cc1. The van der Waals surface area contributed by atoms with Crippen LogP contribution in [0.5, 0.6) is 0 Å². The number of carbonyl (C=O) groups excluding carboxylic acids is 1. The highest BCUT2D eigenvalue weighted by Crippen LogP contribution is 2.29. The Morgan fingerprint density at radius 2 is 1.58 bits per heavy atom. The fourth-order valence-corrected chi connectivity index (χ4v) is 5.79. The van der Waals surface area contributed by atoms with Crippen LogP contribution in [0.3, 0.4) is 0 Å². The molecule has 190 valence electrons. The smallest absolute Gasteiger partial charge is 0.264 e. The first kappa shape index (κ1) is 26.3. The number of sulfonamides is 1. The number of morpholine rings is 1. The zero-order valence-electron chi connectivity index (χ0n) is 19.8. The lowest BCUT2D eigenvalue weighted by atomic mass is 10.2. The Bertz CT molecular complexity index is 1290. The largest absolute Gasteiger partial charge is 0.378 e. The maximum atomic E-state index is 13.5. The van der Waals surface area contributed by atoms with Crippen molar-refractivity contribution in [2.75, 3.05) is 42.1 Å². The quantitative estimate of drug-likeness (QED) is 0.444. The third-order valence-electron chi connectivity index (χ3n) is 5.83. The maximum absolute atomic E-state index is 13.5. The molecule has 0 bridgehead atoms. The van der Waals surface area contributed by atoms with Gasteiger partial charge in [-0.2, -0.15) is 0 Å². The molecule has 0 radical (unpaired) electrons. The zero-order valence-corrected chi connectivity index (χ0v) is 22.1. The predicted molar refractivity (Wildman–Crippen MR) is 143 cm³/mol. The van der Waals surface area contributed by atoms with Gasteiger partial charge in [-0.1, -0.05) is 53.0 Å². The molecule has 3 aromatic rings. The standard InChI is InChI=1S/C26H27Cl2N3O4S/c1-19-2-8-25(9-3-19)36(33,34)31(24-15-21(27)14-22(28)16-24)18-26(32)29-17-20-4-6-23(7-5-20)30-10-12-35-13-11-30/h2-9,14-16H,10-13,17-18H2,1H3,(H,29,32). The van der Waals surface area contributed by atoms with E-state index in [0.29, 0.717) is 13.2 Å². The van der Waals surface area contributed by atoms with E-state index in [4.69, 9.17) is 27.9 Å². The van der Waals surface area contributed by atoms with Gasteiger partial charge < -0.3 is 15.0 Å². The number of hydrogen-bond donors (Lipinski definition) is 1. The number of halogens is 2. The van der Waals surface area contributed by atoms with Crippen LogP contribution >= 0.6 is 23.2 Å². The van der Waals surface area contributed by atoms with Crippen LogP contribution in [0.2, 0.25) is 10.0 Å². The number of nitrogens with zero attached hydrogens (tertiary/aromatic N) is 2. The van der Waals surface area contributed by atoms with Gasteiger partial charge >= 0.3 is 0 Å². The summed E-state index contributed by atoms with van der Waals surface area (Å²) < 4.78 is 33.4. The third kappa shape index (κ3) is 6.50. The van der Waals surface area contributed by atoms with Crippen LogP contribution < -0.4 is 14.5 Å². The molecule has 3 aromatic carbocycles. The minimum absolute atomic E-state index is 0.0655. The third-order valence-corrected chi connectivity index (χ3v) is 8.06. The van der Waals surface area contributed by atoms with Gasteiger partial charge in [0.05, 0.1) is 23.8 Å². The molecule has 1 amide bonds. The van der Waals surface area contributed by atoms with Crippen LogP contribution in [0.1, 0.15) is 11.1 Å². The maximum Gasteiger partial charge on any atom is 0.264 e. The molecule has 1 heterocycles. The average molecular weight is 548 g/mol. The number of amides is 1. The second kappa shape index (κ2) is 11.5. The van der Waals surface area contributed by atoms with E-state index in [9.17, 15) is 13.2 Å². The average Bonchev–Trinajstić information content (AvgIpc) is 2.86. The summed E-state index contributed by atoms with van der Waals surface area (Å²) in [7, 11) is -4.06. The van der Waals surface area contributed by atoms with E-state index in [1.54, 1.807) is 12.1 Å². The summed E-state index contributed by atoms with van der Waals surface area (Å²) in [6.07, 6.45) is 0. The van der Waals surface area contributed by atoms with Crippen molar-refractivity contribution < 1.29 is 17.9 Å². The molecule has 0 aliphatic carbocycles. The molecule has 1 aliphatic heterocycles. The van der Waals surface area contributed by atoms with Gasteiger partial charge in [0.2, 0.25) is 5.91 Å². The fourth-order valence-electron chi connectivity index (χ4n) is 3.87. The summed E-state index contributed by atoms with van der Waals surface area (Å²) in [4.78, 5) is 15.2. The highest BCUT2D eigenvalue weighted by molar-refractivity contribution is 7.92. The van der Waals surface area contributed by atoms with E-state index in [-0.39, 0.29) is 27.2 Å². The van der Waals surface area contributed by atoms with Crippen molar-refractivity contribution in [3.63, 3.8) is 0 Å². The van der Waals surface area contributed by atoms with E-state index < -0.39 is 22.5 Å². The van der Waals surface area contributed by atoms with Gasteiger partial charge in [0.25, 0.3) is 10.0 Å². The van der Waals surface area contributed by atoms with Crippen LogP contribution in [-0.4, -0.2) is 47.2 Å². The molecule has 1 fully saturated rings. The Kier molecular flexibility index (Phi) is 8.41. The molecule has 10 heteroatoms. The lowest BCUT2D eigenvalue weighted by Gasteiger charge is -2.29. The van der Waals surface area contributed by atoms with Crippen LogP contribution in [0, 0.1) is 6.92 Å². The predicted octanol–water partition coefficient (Wildman–Crippen LogP) is 4.65. The molecule has 4 rings (SSSR count). The van der Waals surface area contributed by atoms with E-state index in [1.807, 2.05) is 31.2 Å². The van der Waals surface area contributed by atoms with Crippen molar-refractivity contribution >= 4 is 50.5 Å². The Hall–Kier alpha value is -2.78. The molecule has 36 heavy (non-hydrogen) atoms. The lowest BCUT2D eigenvalue weighted by Crippen LogP contribution is -2.40. The summed E-state index contributed by atoms with van der Waals surface area (Å²) >= 11 is 12.3. The van der Waals surface area contributed by atoms with Crippen molar-refractivity contribution in [1.82, 2.24) is 5.32 Å². The van der Waals surface area contributed by atoms with Crippen molar-refractivity contribution in [3.8, 4) is 0 Å². The van der Waals surface area contributed by atoms with E-state index in [0.717, 1.165) is 34.2 Å². The number of rotatable bonds is 8. The van der Waals surface area contributed by atoms with Crippen molar-refractivity contribution in [2.24, 2.45) is 0 Å². The number of ether oxygens (including phenoxy) is 1. The zero-order chi connectivity index (χ0) is 25.7. The fraction of sp³-hybridized carbons (Fsp3) is 0.269. The van der Waals surface area contributed by atoms with Crippen molar-refractivity contribution in [2.45, 2.75) is 18.4 Å². The van der Waals surface area contributed by atoms with Gasteiger partial charge in [-0.25, -0.2) is 8.42 Å². The molecule has 0 aromatic heterocycles. The summed E-state index contributed by atoms with van der Waals surface area (Å²) in [5.41, 5.74) is 3.13. The van der Waals surface area contributed by atoms with Gasteiger partial charge in [-0.3, -0.25) is 9.10 Å². The Balaban J connectivity index is 1.49. The van der Waals surface area contributed by atoms with Crippen molar-refractivity contribution in [3.05, 3.63) is 87.9 Å². The molecule has 1 saturated heterocycles. The number of carbonyl (C=O) groups is 1. The van der Waals surface area contributed by atoms with Gasteiger partial charge in [0.1, 0.15) is 6.54 Å². The Morgan fingerprint density at radius 3 is 2.19 bits per heavy atom. The van der Waals surface area contributed by atoms with Gasteiger partial charge in [-0.15, -0.1) is 0 Å². The van der Waals surface area contributed by atoms with Crippen LogP contribution in [-0.2, 0) is 26.1 Å². The van der Waals surface area contributed by atoms with Gasteiger partial charge in [-0.05, 0) is 55.0 Å². The molecular weight excluding hydrogens is 521 g/mol. The number of nitrogens with one attached hydrogen (secondary N) is 1. The molecule has 1 N–H and O–H groups in total.